The minimum absolute atomic E-state index is 0.0280. The van der Waals surface area contributed by atoms with Gasteiger partial charge in [0, 0.05) is 51.7 Å². The number of nitrogens with one attached hydrogen (secondary N) is 6. The summed E-state index contributed by atoms with van der Waals surface area (Å²) in [5.74, 6) is -7.70. The number of aliphatic carboxylic acids is 4. The minimum Gasteiger partial charge on any atom is -0.481 e. The van der Waals surface area contributed by atoms with Crippen LogP contribution >= 0.6 is 0 Å². The van der Waals surface area contributed by atoms with Crippen LogP contribution in [0.5, 0.6) is 0 Å². The van der Waals surface area contributed by atoms with E-state index >= 15 is 0 Å². The van der Waals surface area contributed by atoms with Crippen molar-refractivity contribution in [3.8, 4) is 0 Å². The van der Waals surface area contributed by atoms with E-state index in [2.05, 4.69) is 31.9 Å². The molecular weight excluding hydrogens is 973 g/mol. The van der Waals surface area contributed by atoms with E-state index in [1.807, 2.05) is 6.92 Å². The van der Waals surface area contributed by atoms with Crippen LogP contribution in [-0.2, 0) is 66.9 Å². The molecule has 0 aliphatic rings. The predicted molar refractivity (Wildman–Crippen MR) is 270 cm³/mol. The Morgan fingerprint density at radius 2 is 0.676 bits per heavy atom. The first-order chi connectivity index (χ1) is 35.5. The van der Waals surface area contributed by atoms with Crippen LogP contribution in [0.4, 0.5) is 0 Å². The van der Waals surface area contributed by atoms with Gasteiger partial charge in [0.25, 0.3) is 0 Å². The van der Waals surface area contributed by atoms with Gasteiger partial charge in [-0.25, -0.2) is 14.4 Å². The van der Waals surface area contributed by atoms with Crippen LogP contribution in [0, 0.1) is 0 Å². The van der Waals surface area contributed by atoms with Gasteiger partial charge in [-0.2, -0.15) is 0 Å². The van der Waals surface area contributed by atoms with E-state index in [1.54, 1.807) is 0 Å². The summed E-state index contributed by atoms with van der Waals surface area (Å²) in [4.78, 5) is 119. The summed E-state index contributed by atoms with van der Waals surface area (Å²) in [6.07, 6.45) is 16.9. The van der Waals surface area contributed by atoms with E-state index in [-0.39, 0.29) is 122 Å². The van der Waals surface area contributed by atoms with Crippen LogP contribution in [0.25, 0.3) is 0 Å². The van der Waals surface area contributed by atoms with Gasteiger partial charge in [-0.3, -0.25) is 33.6 Å². The fraction of sp³-hybridized carbons (Fsp3) is 0.800. The monoisotopic (exact) mass is 1060 g/mol. The van der Waals surface area contributed by atoms with Gasteiger partial charge in [-0.15, -0.1) is 0 Å². The Bertz CT molecular complexity index is 1620. The average Bonchev–Trinajstić information content (AvgIpc) is 3.35. The fourth-order valence-electron chi connectivity index (χ4n) is 7.18. The maximum Gasteiger partial charge on any atom is 0.326 e. The molecule has 0 rings (SSSR count). The number of hydrogen-bond acceptors (Lipinski definition) is 14. The molecule has 0 aliphatic heterocycles. The largest absolute Gasteiger partial charge is 0.481 e. The third kappa shape index (κ3) is 44.1. The third-order valence-electron chi connectivity index (χ3n) is 11.4. The molecule has 0 saturated heterocycles. The Morgan fingerprint density at radius 3 is 1.09 bits per heavy atom. The van der Waals surface area contributed by atoms with Gasteiger partial charge in [0.05, 0.1) is 39.6 Å². The second kappa shape index (κ2) is 47.3. The number of unbranched alkanes of at least 4 members (excludes halogenated alkanes) is 15. The van der Waals surface area contributed by atoms with Crippen molar-refractivity contribution in [1.29, 1.82) is 0 Å². The maximum atomic E-state index is 12.4. The van der Waals surface area contributed by atoms with Gasteiger partial charge in [0.2, 0.25) is 35.4 Å². The van der Waals surface area contributed by atoms with E-state index in [1.165, 1.54) is 32.1 Å². The second-order valence-corrected chi connectivity index (χ2v) is 17.9. The first kappa shape index (κ1) is 68.5. The van der Waals surface area contributed by atoms with Gasteiger partial charge >= 0.3 is 23.9 Å². The Labute approximate surface area is 435 Å². The number of rotatable bonds is 52. The summed E-state index contributed by atoms with van der Waals surface area (Å²) in [5.41, 5.74) is 0. The smallest absolute Gasteiger partial charge is 0.326 e. The highest BCUT2D eigenvalue weighted by molar-refractivity contribution is 5.87. The van der Waals surface area contributed by atoms with Crippen molar-refractivity contribution in [3.63, 3.8) is 0 Å². The Morgan fingerprint density at radius 1 is 0.338 bits per heavy atom. The second-order valence-electron chi connectivity index (χ2n) is 17.9. The molecular formula is C50H88N6O18. The Balaban J connectivity index is 3.91. The topological polar surface area (TPSA) is 361 Å². The summed E-state index contributed by atoms with van der Waals surface area (Å²) < 4.78 is 21.2. The molecule has 0 heterocycles. The molecule has 0 aliphatic carbocycles. The Hall–Kier alpha value is -5.46. The van der Waals surface area contributed by atoms with Crippen LogP contribution in [0.15, 0.2) is 0 Å². The number of carbonyl (C=O) groups is 10. The molecule has 0 aromatic rings. The summed E-state index contributed by atoms with van der Waals surface area (Å²) in [6, 6.07) is -3.97. The summed E-state index contributed by atoms with van der Waals surface area (Å²) in [6.45, 7) is 2.60. The van der Waals surface area contributed by atoms with Gasteiger partial charge < -0.3 is 71.3 Å². The van der Waals surface area contributed by atoms with Crippen molar-refractivity contribution in [2.24, 2.45) is 0 Å². The van der Waals surface area contributed by atoms with Crippen LogP contribution in [0.3, 0.4) is 0 Å². The molecule has 0 radical (unpaired) electrons. The molecule has 0 bridgehead atoms. The SMILES string of the molecule is CCCCCNC(=O)CCC(NC(=O)CC[C@H](NC(=O)COCCOCCNC(=O)COCCOCCNC(=O)CC[C@H](NC(=O)CCCCCCCCCCCCCCCCC(=O)O)C(=O)O)C(=O)O)C(=O)O. The summed E-state index contributed by atoms with van der Waals surface area (Å²) in [7, 11) is 0. The molecule has 0 spiro atoms. The molecule has 0 saturated carbocycles. The zero-order valence-corrected chi connectivity index (χ0v) is 43.7. The molecule has 0 fully saturated rings. The molecule has 10 N–H and O–H groups in total. The van der Waals surface area contributed by atoms with Gasteiger partial charge in [-0.05, 0) is 38.5 Å². The lowest BCUT2D eigenvalue weighted by atomic mass is 10.0. The lowest BCUT2D eigenvalue weighted by Gasteiger charge is -2.17. The number of amides is 6. The van der Waals surface area contributed by atoms with E-state index in [0.29, 0.717) is 13.0 Å². The molecule has 6 amide bonds. The van der Waals surface area contributed by atoms with Crippen molar-refractivity contribution in [3.05, 3.63) is 0 Å². The van der Waals surface area contributed by atoms with Gasteiger partial charge in [0.1, 0.15) is 31.3 Å². The standard InChI is InChI=1S/C50H88N6O18/c1-2-3-18-27-51-41(57)24-21-39(49(67)68)55-44(60)26-23-40(50(69)70)56-46(62)37-74-35-33-72-31-29-53-45(61)36-73-34-32-71-30-28-52-42(58)25-22-38(48(65)66)54-43(59)19-16-14-12-10-8-6-4-5-7-9-11-13-15-17-20-47(63)64/h38-40H,2-37H2,1H3,(H,51,57)(H,52,58)(H,53,61)(H,54,59)(H,55,60)(H,56,62)(H,63,64)(H,65,66)(H,67,68)(H,69,70)/t38-,39?,40-/m0/s1. The van der Waals surface area contributed by atoms with Crippen molar-refractivity contribution >= 4 is 59.3 Å². The summed E-state index contributed by atoms with van der Waals surface area (Å²) >= 11 is 0. The van der Waals surface area contributed by atoms with Crippen LogP contribution in [-0.4, -0.2) is 170 Å². The fourth-order valence-corrected chi connectivity index (χ4v) is 7.18. The van der Waals surface area contributed by atoms with Crippen molar-refractivity contribution < 1.29 is 87.3 Å². The lowest BCUT2D eigenvalue weighted by Crippen LogP contribution is -2.45. The number of carboxylic acids is 4. The number of hydrogen-bond donors (Lipinski definition) is 10. The molecule has 3 atom stereocenters. The molecule has 24 heteroatoms. The van der Waals surface area contributed by atoms with Crippen molar-refractivity contribution in [1.82, 2.24) is 31.9 Å². The van der Waals surface area contributed by atoms with Crippen LogP contribution < -0.4 is 31.9 Å². The normalized spacial score (nSPS) is 12.2. The minimum atomic E-state index is -1.45. The third-order valence-corrected chi connectivity index (χ3v) is 11.4. The van der Waals surface area contributed by atoms with Gasteiger partial charge in [-0.1, -0.05) is 96.8 Å². The quantitative estimate of drug-likeness (QED) is 0.0391. The molecule has 1 unspecified atom stereocenters. The number of ether oxygens (including phenoxy) is 4. The average molecular weight is 1060 g/mol. The Kier molecular flexibility index (Phi) is 43.8. The van der Waals surface area contributed by atoms with E-state index in [9.17, 15) is 63.3 Å². The summed E-state index contributed by atoms with van der Waals surface area (Å²) in [5, 5.41) is 52.1. The van der Waals surface area contributed by atoms with E-state index < -0.39 is 72.8 Å². The zero-order chi connectivity index (χ0) is 55.0. The molecule has 74 heavy (non-hydrogen) atoms. The van der Waals surface area contributed by atoms with Crippen LogP contribution in [0.2, 0.25) is 0 Å². The zero-order valence-electron chi connectivity index (χ0n) is 43.7. The molecule has 0 aromatic heterocycles. The molecule has 24 nitrogen and oxygen atoms in total. The molecule has 426 valence electrons. The maximum absolute atomic E-state index is 12.4. The predicted octanol–water partition coefficient (Wildman–Crippen LogP) is 2.97. The first-order valence-electron chi connectivity index (χ1n) is 26.4. The van der Waals surface area contributed by atoms with E-state index in [4.69, 9.17) is 24.1 Å². The highest BCUT2D eigenvalue weighted by Crippen LogP contribution is 2.14. The lowest BCUT2D eigenvalue weighted by molar-refractivity contribution is -0.144. The van der Waals surface area contributed by atoms with Crippen molar-refractivity contribution in [2.45, 2.75) is 186 Å². The van der Waals surface area contributed by atoms with Crippen LogP contribution in [0.1, 0.15) is 167 Å². The highest BCUT2D eigenvalue weighted by Gasteiger charge is 2.25. The van der Waals surface area contributed by atoms with E-state index in [0.717, 1.165) is 70.6 Å². The van der Waals surface area contributed by atoms with Gasteiger partial charge in [0.15, 0.2) is 0 Å². The highest BCUT2D eigenvalue weighted by atomic mass is 16.5. The number of carboxylic acid groups (broad SMARTS) is 4. The number of carbonyl (C=O) groups excluding carboxylic acids is 6. The van der Waals surface area contributed by atoms with Crippen molar-refractivity contribution in [2.75, 3.05) is 72.5 Å². The molecule has 0 aromatic carbocycles. The first-order valence-corrected chi connectivity index (χ1v) is 26.4.